The van der Waals surface area contributed by atoms with Crippen molar-refractivity contribution in [3.8, 4) is 5.75 Å². The van der Waals surface area contributed by atoms with Crippen LogP contribution in [0.4, 0.5) is 17.2 Å². The smallest absolute Gasteiger partial charge is 0.274 e. The van der Waals surface area contributed by atoms with Gasteiger partial charge in [-0.3, -0.25) is 4.79 Å². The number of hydrogen-bond donors (Lipinski definition) is 1. The summed E-state index contributed by atoms with van der Waals surface area (Å²) in [6.45, 7) is 4.73. The molecule has 1 aliphatic heterocycles. The van der Waals surface area contributed by atoms with Gasteiger partial charge in [0.25, 0.3) is 5.91 Å². The lowest BCUT2D eigenvalue weighted by Gasteiger charge is -2.18. The maximum atomic E-state index is 12.8. The van der Waals surface area contributed by atoms with Crippen LogP contribution in [-0.2, 0) is 6.42 Å². The van der Waals surface area contributed by atoms with Gasteiger partial charge in [-0.25, -0.2) is 9.97 Å². The minimum Gasteiger partial charge on any atom is -0.489 e. The Morgan fingerprint density at radius 3 is 2.75 bits per heavy atom. The summed E-state index contributed by atoms with van der Waals surface area (Å²) in [6.07, 6.45) is 2.41. The standard InChI is InChI=1S/C22H22N4O2/c1-15(2)28-20-10-6-4-8-17(20)25-22(27)18-13-21(24-14-23-18)26-12-11-16-7-3-5-9-19(16)26/h3-10,13-15H,11-12H2,1-2H3,(H,25,27). The molecule has 1 aromatic heterocycles. The average Bonchev–Trinajstić information content (AvgIpc) is 3.13. The van der Waals surface area contributed by atoms with E-state index >= 15 is 0 Å². The van der Waals surface area contributed by atoms with E-state index < -0.39 is 0 Å². The van der Waals surface area contributed by atoms with Gasteiger partial charge in [-0.15, -0.1) is 0 Å². The van der Waals surface area contributed by atoms with E-state index in [9.17, 15) is 4.79 Å². The summed E-state index contributed by atoms with van der Waals surface area (Å²) in [4.78, 5) is 23.4. The van der Waals surface area contributed by atoms with Crippen molar-refractivity contribution in [2.75, 3.05) is 16.8 Å². The maximum absolute atomic E-state index is 12.8. The van der Waals surface area contributed by atoms with Gasteiger partial charge in [-0.05, 0) is 44.0 Å². The second-order valence-electron chi connectivity index (χ2n) is 6.91. The molecule has 28 heavy (non-hydrogen) atoms. The number of benzene rings is 2. The van der Waals surface area contributed by atoms with E-state index in [0.29, 0.717) is 17.1 Å². The Labute approximate surface area is 164 Å². The van der Waals surface area contributed by atoms with E-state index in [4.69, 9.17) is 4.74 Å². The van der Waals surface area contributed by atoms with Gasteiger partial charge >= 0.3 is 0 Å². The Kier molecular flexibility index (Phi) is 4.93. The Bertz CT molecular complexity index is 1000. The lowest BCUT2D eigenvalue weighted by Crippen LogP contribution is -2.19. The summed E-state index contributed by atoms with van der Waals surface area (Å²) in [5.41, 5.74) is 3.34. The van der Waals surface area contributed by atoms with Crippen molar-refractivity contribution in [3.63, 3.8) is 0 Å². The van der Waals surface area contributed by atoms with E-state index in [1.54, 1.807) is 6.07 Å². The van der Waals surface area contributed by atoms with Crippen LogP contribution in [0.2, 0.25) is 0 Å². The highest BCUT2D eigenvalue weighted by Crippen LogP contribution is 2.33. The zero-order valence-electron chi connectivity index (χ0n) is 15.9. The molecule has 0 unspecified atom stereocenters. The van der Waals surface area contributed by atoms with E-state index in [1.165, 1.54) is 11.9 Å². The normalized spacial score (nSPS) is 12.8. The van der Waals surface area contributed by atoms with Gasteiger partial charge in [0.05, 0.1) is 11.8 Å². The summed E-state index contributed by atoms with van der Waals surface area (Å²) in [7, 11) is 0. The number of carbonyl (C=O) groups is 1. The molecular formula is C22H22N4O2. The Morgan fingerprint density at radius 2 is 1.89 bits per heavy atom. The van der Waals surface area contributed by atoms with Gasteiger partial charge in [-0.2, -0.15) is 0 Å². The molecule has 4 rings (SSSR count). The number of aromatic nitrogens is 2. The number of nitrogens with one attached hydrogen (secondary N) is 1. The number of amides is 1. The number of carbonyl (C=O) groups excluding carboxylic acids is 1. The van der Waals surface area contributed by atoms with Crippen LogP contribution in [-0.4, -0.2) is 28.5 Å². The number of ether oxygens (including phenoxy) is 1. The number of para-hydroxylation sites is 3. The van der Waals surface area contributed by atoms with Gasteiger partial charge in [0, 0.05) is 18.3 Å². The van der Waals surface area contributed by atoms with Crippen molar-refractivity contribution in [2.45, 2.75) is 26.4 Å². The lowest BCUT2D eigenvalue weighted by atomic mass is 10.2. The number of fused-ring (bicyclic) bond motifs is 1. The summed E-state index contributed by atoms with van der Waals surface area (Å²) in [6, 6.07) is 17.4. The Morgan fingerprint density at radius 1 is 1.11 bits per heavy atom. The molecule has 0 aliphatic carbocycles. The number of anilines is 3. The zero-order chi connectivity index (χ0) is 19.5. The second kappa shape index (κ2) is 7.68. The van der Waals surface area contributed by atoms with E-state index in [2.05, 4.69) is 32.3 Å². The SMILES string of the molecule is CC(C)Oc1ccccc1NC(=O)c1cc(N2CCc3ccccc32)ncn1. The predicted molar refractivity (Wildman–Crippen MR) is 109 cm³/mol. The third kappa shape index (κ3) is 3.67. The van der Waals surface area contributed by atoms with Crippen LogP contribution in [0.3, 0.4) is 0 Å². The van der Waals surface area contributed by atoms with Crippen LogP contribution in [0.5, 0.6) is 5.75 Å². The fraction of sp³-hybridized carbons (Fsp3) is 0.227. The molecule has 1 aliphatic rings. The summed E-state index contributed by atoms with van der Waals surface area (Å²) >= 11 is 0. The van der Waals surface area contributed by atoms with Crippen molar-refractivity contribution < 1.29 is 9.53 Å². The maximum Gasteiger partial charge on any atom is 0.274 e. The first-order valence-corrected chi connectivity index (χ1v) is 9.36. The van der Waals surface area contributed by atoms with Gasteiger partial charge in [0.15, 0.2) is 0 Å². The fourth-order valence-electron chi connectivity index (χ4n) is 3.31. The third-order valence-corrected chi connectivity index (χ3v) is 4.55. The first kappa shape index (κ1) is 18.0. The van der Waals surface area contributed by atoms with Crippen LogP contribution in [0.1, 0.15) is 29.9 Å². The molecule has 0 spiro atoms. The molecule has 3 aromatic rings. The van der Waals surface area contributed by atoms with Gasteiger partial charge < -0.3 is 15.0 Å². The van der Waals surface area contributed by atoms with Crippen LogP contribution >= 0.6 is 0 Å². The first-order valence-electron chi connectivity index (χ1n) is 9.36. The fourth-order valence-corrected chi connectivity index (χ4v) is 3.31. The number of rotatable bonds is 5. The summed E-state index contributed by atoms with van der Waals surface area (Å²) in [5.74, 6) is 1.06. The van der Waals surface area contributed by atoms with Crippen LogP contribution in [0, 0.1) is 0 Å². The first-order chi connectivity index (χ1) is 13.6. The van der Waals surface area contributed by atoms with E-state index in [-0.39, 0.29) is 12.0 Å². The predicted octanol–water partition coefficient (Wildman–Crippen LogP) is 4.21. The van der Waals surface area contributed by atoms with Crippen molar-refractivity contribution in [1.82, 2.24) is 9.97 Å². The molecule has 6 nitrogen and oxygen atoms in total. The molecule has 0 bridgehead atoms. The summed E-state index contributed by atoms with van der Waals surface area (Å²) in [5, 5.41) is 2.90. The largest absolute Gasteiger partial charge is 0.489 e. The van der Waals surface area contributed by atoms with Crippen molar-refractivity contribution in [2.24, 2.45) is 0 Å². The Balaban J connectivity index is 1.57. The lowest BCUT2D eigenvalue weighted by molar-refractivity contribution is 0.102. The van der Waals surface area contributed by atoms with Crippen molar-refractivity contribution >= 4 is 23.1 Å². The minimum atomic E-state index is -0.295. The molecule has 0 fully saturated rings. The van der Waals surface area contributed by atoms with E-state index in [0.717, 1.165) is 24.5 Å². The summed E-state index contributed by atoms with van der Waals surface area (Å²) < 4.78 is 5.77. The van der Waals surface area contributed by atoms with Crippen LogP contribution < -0.4 is 15.0 Å². The molecule has 1 N–H and O–H groups in total. The topological polar surface area (TPSA) is 67.3 Å². The molecule has 0 radical (unpaired) electrons. The van der Waals surface area contributed by atoms with Gasteiger partial charge in [0.2, 0.25) is 0 Å². The quantitative estimate of drug-likeness (QED) is 0.725. The van der Waals surface area contributed by atoms with Crippen molar-refractivity contribution in [1.29, 1.82) is 0 Å². The Hall–Kier alpha value is -3.41. The molecule has 0 atom stereocenters. The molecule has 2 heterocycles. The third-order valence-electron chi connectivity index (χ3n) is 4.55. The molecule has 2 aromatic carbocycles. The van der Waals surface area contributed by atoms with Gasteiger partial charge in [-0.1, -0.05) is 30.3 Å². The molecular weight excluding hydrogens is 352 g/mol. The molecule has 142 valence electrons. The second-order valence-corrected chi connectivity index (χ2v) is 6.91. The zero-order valence-corrected chi connectivity index (χ0v) is 15.9. The van der Waals surface area contributed by atoms with E-state index in [1.807, 2.05) is 50.2 Å². The monoisotopic (exact) mass is 374 g/mol. The average molecular weight is 374 g/mol. The minimum absolute atomic E-state index is 0.0129. The molecule has 6 heteroatoms. The van der Waals surface area contributed by atoms with Gasteiger partial charge in [0.1, 0.15) is 23.6 Å². The van der Waals surface area contributed by atoms with Crippen LogP contribution in [0.15, 0.2) is 60.9 Å². The highest BCUT2D eigenvalue weighted by atomic mass is 16.5. The number of nitrogens with zero attached hydrogens (tertiary/aromatic N) is 3. The highest BCUT2D eigenvalue weighted by molar-refractivity contribution is 6.04. The number of hydrogen-bond acceptors (Lipinski definition) is 5. The highest BCUT2D eigenvalue weighted by Gasteiger charge is 2.22. The van der Waals surface area contributed by atoms with Crippen molar-refractivity contribution in [3.05, 3.63) is 72.2 Å². The molecule has 1 amide bonds. The molecule has 0 saturated heterocycles. The van der Waals surface area contributed by atoms with Crippen LogP contribution in [0.25, 0.3) is 0 Å². The molecule has 0 saturated carbocycles.